The summed E-state index contributed by atoms with van der Waals surface area (Å²) in [5.41, 5.74) is 12.2. The number of aromatic nitrogens is 4. The Morgan fingerprint density at radius 3 is 2.00 bits per heavy atom. The highest BCUT2D eigenvalue weighted by atomic mass is 32.1. The fourth-order valence-corrected chi connectivity index (χ4v) is 9.75. The molecule has 55 heavy (non-hydrogen) atoms. The minimum Gasteiger partial charge on any atom is -0.309 e. The monoisotopic (exact) mass is 718 g/mol. The molecular weight excluding hydrogens is 689 g/mol. The molecule has 7 aromatic carbocycles. The average molecular weight is 719 g/mol. The van der Waals surface area contributed by atoms with Gasteiger partial charge in [-0.2, -0.15) is 0 Å². The molecule has 0 atom stereocenters. The SMILES string of the molecule is c1ccc2sc(-n3c4ccccc4c4ccc(-c5cccc6c5c5ccccc5n6-c5ccc(-c6ccc7ccc8cccnc8c7n6)cc5)cc43)cc2c1. The van der Waals surface area contributed by atoms with Gasteiger partial charge in [-0.1, -0.05) is 115 Å². The molecule has 0 radical (unpaired) electrons. The number of nitrogens with zero attached hydrogens (tertiary/aromatic N) is 4. The van der Waals surface area contributed by atoms with E-state index in [4.69, 9.17) is 4.98 Å². The summed E-state index contributed by atoms with van der Waals surface area (Å²) >= 11 is 1.84. The minimum atomic E-state index is 0.928. The first-order valence-electron chi connectivity index (χ1n) is 18.6. The smallest absolute Gasteiger partial charge is 0.101 e. The first kappa shape index (κ1) is 30.4. The van der Waals surface area contributed by atoms with Crippen LogP contribution in [0.1, 0.15) is 0 Å². The summed E-state index contributed by atoms with van der Waals surface area (Å²) in [6.45, 7) is 0. The summed E-state index contributed by atoms with van der Waals surface area (Å²) in [6.07, 6.45) is 1.84. The van der Waals surface area contributed by atoms with Crippen molar-refractivity contribution in [3.05, 3.63) is 182 Å². The van der Waals surface area contributed by atoms with Crippen molar-refractivity contribution in [3.8, 4) is 33.1 Å². The van der Waals surface area contributed by atoms with Crippen LogP contribution in [0.25, 0.3) is 109 Å². The Balaban J connectivity index is 1.02. The van der Waals surface area contributed by atoms with Crippen LogP contribution >= 0.6 is 11.3 Å². The van der Waals surface area contributed by atoms with Crippen LogP contribution in [0.2, 0.25) is 0 Å². The zero-order valence-electron chi connectivity index (χ0n) is 29.5. The summed E-state index contributed by atoms with van der Waals surface area (Å²) in [5.74, 6) is 0. The van der Waals surface area contributed by atoms with Crippen LogP contribution in [0.5, 0.6) is 0 Å². The van der Waals surface area contributed by atoms with Gasteiger partial charge in [-0.25, -0.2) is 4.98 Å². The molecule has 0 spiro atoms. The number of rotatable bonds is 4. The van der Waals surface area contributed by atoms with E-state index < -0.39 is 0 Å². The maximum absolute atomic E-state index is 5.11. The molecule has 0 fully saturated rings. The molecular formula is C50H30N4S. The van der Waals surface area contributed by atoms with E-state index in [0.29, 0.717) is 0 Å². The van der Waals surface area contributed by atoms with Gasteiger partial charge in [0.25, 0.3) is 0 Å². The average Bonchev–Trinajstić information content (AvgIpc) is 3.93. The highest BCUT2D eigenvalue weighted by Crippen LogP contribution is 2.42. The normalized spacial score (nSPS) is 12.0. The second kappa shape index (κ2) is 11.7. The molecule has 0 aliphatic rings. The van der Waals surface area contributed by atoms with E-state index in [-0.39, 0.29) is 0 Å². The second-order valence-electron chi connectivity index (χ2n) is 14.2. The molecule has 0 amide bonds. The van der Waals surface area contributed by atoms with E-state index in [1.165, 1.54) is 69.8 Å². The van der Waals surface area contributed by atoms with Crippen molar-refractivity contribution in [2.45, 2.75) is 0 Å². The molecule has 0 aliphatic heterocycles. The molecule has 0 N–H and O–H groups in total. The fourth-order valence-electron chi connectivity index (χ4n) is 8.66. The topological polar surface area (TPSA) is 35.6 Å². The molecule has 0 unspecified atom stereocenters. The summed E-state index contributed by atoms with van der Waals surface area (Å²) in [4.78, 5) is 9.78. The van der Waals surface area contributed by atoms with Gasteiger partial charge in [-0.15, -0.1) is 11.3 Å². The third-order valence-corrected chi connectivity index (χ3v) is 12.3. The van der Waals surface area contributed by atoms with E-state index in [1.54, 1.807) is 0 Å². The zero-order chi connectivity index (χ0) is 36.0. The van der Waals surface area contributed by atoms with E-state index in [1.807, 2.05) is 23.6 Å². The Bertz CT molecular complexity index is 3460. The third kappa shape index (κ3) is 4.57. The van der Waals surface area contributed by atoms with Gasteiger partial charge in [0, 0.05) is 54.5 Å². The molecule has 5 heterocycles. The van der Waals surface area contributed by atoms with Gasteiger partial charge in [0.15, 0.2) is 0 Å². The van der Waals surface area contributed by atoms with Crippen molar-refractivity contribution in [3.63, 3.8) is 0 Å². The highest BCUT2D eigenvalue weighted by Gasteiger charge is 2.19. The Hall–Kier alpha value is -7.08. The molecule has 5 heteroatoms. The number of hydrogen-bond acceptors (Lipinski definition) is 3. The standard InChI is InChI=1S/C50H30N4S/c1-6-17-46-35(9-1)30-47(55-46)54-42-14-4-2-11-38(42)39-26-22-34(29-45(39)54)37-13-7-16-44-48(37)40-12-3-5-15-43(40)53(44)36-24-20-31(21-25-36)41-27-23-33-19-18-32-10-8-28-51-49(32)50(33)52-41/h1-30H. The van der Waals surface area contributed by atoms with E-state index >= 15 is 0 Å². The second-order valence-corrected chi connectivity index (χ2v) is 15.3. The maximum atomic E-state index is 5.11. The largest absolute Gasteiger partial charge is 0.309 e. The van der Waals surface area contributed by atoms with E-state index in [0.717, 1.165) is 38.8 Å². The lowest BCUT2D eigenvalue weighted by atomic mass is 9.98. The zero-order valence-corrected chi connectivity index (χ0v) is 30.3. The summed E-state index contributed by atoms with van der Waals surface area (Å²) in [6, 6.07) is 63.7. The Morgan fingerprint density at radius 2 is 1.13 bits per heavy atom. The van der Waals surface area contributed by atoms with Gasteiger partial charge >= 0.3 is 0 Å². The quantitative estimate of drug-likeness (QED) is 0.170. The molecule has 0 saturated carbocycles. The van der Waals surface area contributed by atoms with Crippen molar-refractivity contribution in [1.29, 1.82) is 0 Å². The number of para-hydroxylation sites is 2. The van der Waals surface area contributed by atoms with Crippen molar-refractivity contribution in [2.24, 2.45) is 0 Å². The van der Waals surface area contributed by atoms with Crippen LogP contribution in [0.4, 0.5) is 0 Å². The van der Waals surface area contributed by atoms with E-state index in [9.17, 15) is 0 Å². The van der Waals surface area contributed by atoms with Crippen molar-refractivity contribution < 1.29 is 0 Å². The lowest BCUT2D eigenvalue weighted by Gasteiger charge is -2.11. The van der Waals surface area contributed by atoms with Crippen LogP contribution in [0, 0.1) is 0 Å². The van der Waals surface area contributed by atoms with Crippen LogP contribution < -0.4 is 0 Å². The first-order valence-corrected chi connectivity index (χ1v) is 19.4. The molecule has 4 nitrogen and oxygen atoms in total. The van der Waals surface area contributed by atoms with Crippen molar-refractivity contribution in [2.75, 3.05) is 0 Å². The Labute approximate surface area is 319 Å². The predicted octanol–water partition coefficient (Wildman–Crippen LogP) is 13.5. The molecule has 5 aromatic heterocycles. The first-order chi connectivity index (χ1) is 27.3. The van der Waals surface area contributed by atoms with Gasteiger partial charge in [-0.05, 0) is 77.2 Å². The molecule has 0 aliphatic carbocycles. The van der Waals surface area contributed by atoms with Crippen molar-refractivity contribution in [1.82, 2.24) is 19.1 Å². The predicted molar refractivity (Wildman–Crippen MR) is 232 cm³/mol. The van der Waals surface area contributed by atoms with E-state index in [2.05, 4.69) is 184 Å². The summed E-state index contributed by atoms with van der Waals surface area (Å²) < 4.78 is 6.15. The number of fused-ring (bicyclic) bond motifs is 10. The maximum Gasteiger partial charge on any atom is 0.101 e. The van der Waals surface area contributed by atoms with Crippen LogP contribution in [-0.4, -0.2) is 19.1 Å². The van der Waals surface area contributed by atoms with Gasteiger partial charge in [0.2, 0.25) is 0 Å². The van der Waals surface area contributed by atoms with Gasteiger partial charge in [-0.3, -0.25) is 4.98 Å². The van der Waals surface area contributed by atoms with Gasteiger partial charge in [0.05, 0.1) is 38.8 Å². The molecule has 0 saturated heterocycles. The lowest BCUT2D eigenvalue weighted by molar-refractivity contribution is 1.18. The number of pyridine rings is 2. The molecule has 0 bridgehead atoms. The van der Waals surface area contributed by atoms with Crippen LogP contribution in [0.3, 0.4) is 0 Å². The Kier molecular flexibility index (Phi) is 6.47. The van der Waals surface area contributed by atoms with Crippen LogP contribution in [0.15, 0.2) is 182 Å². The Morgan fingerprint density at radius 1 is 0.436 bits per heavy atom. The molecule has 12 aromatic rings. The van der Waals surface area contributed by atoms with Gasteiger partial charge in [0.1, 0.15) is 5.00 Å². The van der Waals surface area contributed by atoms with Crippen molar-refractivity contribution >= 4 is 86.8 Å². The summed E-state index contributed by atoms with van der Waals surface area (Å²) in [7, 11) is 0. The van der Waals surface area contributed by atoms with Gasteiger partial charge < -0.3 is 9.13 Å². The minimum absolute atomic E-state index is 0.928. The molecule has 256 valence electrons. The lowest BCUT2D eigenvalue weighted by Crippen LogP contribution is -1.94. The fraction of sp³-hybridized carbons (Fsp3) is 0. The van der Waals surface area contributed by atoms with Crippen LogP contribution in [-0.2, 0) is 0 Å². The third-order valence-electron chi connectivity index (χ3n) is 11.2. The summed E-state index contributed by atoms with van der Waals surface area (Å²) in [5, 5.41) is 9.70. The number of thiophene rings is 1. The number of benzene rings is 7. The number of hydrogen-bond donors (Lipinski definition) is 0. The highest BCUT2D eigenvalue weighted by molar-refractivity contribution is 7.21. The molecule has 12 rings (SSSR count).